The molecule has 0 bridgehead atoms. The third-order valence-electron chi connectivity index (χ3n) is 3.32. The highest BCUT2D eigenvalue weighted by atomic mass is 35.5. The van der Waals surface area contributed by atoms with Gasteiger partial charge in [-0.1, -0.05) is 53.2 Å². The van der Waals surface area contributed by atoms with E-state index in [-0.39, 0.29) is 18.2 Å². The molecule has 0 saturated carbocycles. The Morgan fingerprint density at radius 2 is 2.04 bits per heavy atom. The Morgan fingerprint density at radius 1 is 1.28 bits per heavy atom. The van der Waals surface area contributed by atoms with Crippen molar-refractivity contribution < 1.29 is 4.79 Å². The van der Waals surface area contributed by atoms with Gasteiger partial charge in [-0.3, -0.25) is 14.1 Å². The van der Waals surface area contributed by atoms with Crippen molar-refractivity contribution in [1.29, 1.82) is 5.26 Å². The molecule has 0 radical (unpaired) electrons. The molecule has 25 heavy (non-hydrogen) atoms. The van der Waals surface area contributed by atoms with Gasteiger partial charge < -0.3 is 0 Å². The Bertz CT molecular complexity index is 954. The minimum absolute atomic E-state index is 0.0261. The van der Waals surface area contributed by atoms with Crippen LogP contribution in [-0.2, 0) is 4.79 Å². The van der Waals surface area contributed by atoms with Crippen LogP contribution in [0.1, 0.15) is 0 Å². The highest BCUT2D eigenvalue weighted by Crippen LogP contribution is 2.25. The van der Waals surface area contributed by atoms with Gasteiger partial charge in [0, 0.05) is 11.9 Å². The predicted molar refractivity (Wildman–Crippen MR) is 98.1 cm³/mol. The van der Waals surface area contributed by atoms with E-state index in [0.717, 1.165) is 0 Å². The maximum atomic E-state index is 12.5. The molecule has 0 aliphatic carbocycles. The SMILES string of the molecule is N#CCN(C(=O)CSc1nnc2c(Cl)cc(Cl)cn12)c1ccccc1. The number of fused-ring (bicyclic) bond motifs is 1. The lowest BCUT2D eigenvalue weighted by Crippen LogP contribution is -2.32. The van der Waals surface area contributed by atoms with Gasteiger partial charge in [-0.05, 0) is 18.2 Å². The van der Waals surface area contributed by atoms with E-state index in [4.69, 9.17) is 28.5 Å². The maximum absolute atomic E-state index is 12.5. The molecule has 6 nitrogen and oxygen atoms in total. The average Bonchev–Trinajstić information content (AvgIpc) is 3.01. The highest BCUT2D eigenvalue weighted by Gasteiger charge is 2.18. The van der Waals surface area contributed by atoms with Crippen molar-refractivity contribution in [1.82, 2.24) is 14.6 Å². The second kappa shape index (κ2) is 7.74. The molecular weight excluding hydrogens is 381 g/mol. The summed E-state index contributed by atoms with van der Waals surface area (Å²) in [5, 5.41) is 18.4. The summed E-state index contributed by atoms with van der Waals surface area (Å²) in [5.41, 5.74) is 1.14. The van der Waals surface area contributed by atoms with E-state index in [1.807, 2.05) is 24.3 Å². The number of thioether (sulfide) groups is 1. The molecule has 9 heteroatoms. The lowest BCUT2D eigenvalue weighted by molar-refractivity contribution is -0.116. The molecule has 126 valence electrons. The van der Waals surface area contributed by atoms with Gasteiger partial charge in [0.25, 0.3) is 0 Å². The van der Waals surface area contributed by atoms with Crippen molar-refractivity contribution >= 4 is 52.2 Å². The molecule has 3 aromatic rings. The summed E-state index contributed by atoms with van der Waals surface area (Å²) in [6, 6.07) is 12.6. The number of pyridine rings is 1. The number of carbonyl (C=O) groups is 1. The van der Waals surface area contributed by atoms with Gasteiger partial charge in [0.2, 0.25) is 5.91 Å². The summed E-state index contributed by atoms with van der Waals surface area (Å²) in [4.78, 5) is 14.0. The number of carbonyl (C=O) groups excluding carboxylic acids is 1. The number of nitriles is 1. The lowest BCUT2D eigenvalue weighted by Gasteiger charge is -2.19. The topological polar surface area (TPSA) is 74.3 Å². The first kappa shape index (κ1) is 17.5. The van der Waals surface area contributed by atoms with Gasteiger partial charge >= 0.3 is 0 Å². The van der Waals surface area contributed by atoms with Crippen LogP contribution in [0.25, 0.3) is 5.65 Å². The number of anilines is 1. The van der Waals surface area contributed by atoms with Crippen LogP contribution in [0.15, 0.2) is 47.8 Å². The molecule has 0 atom stereocenters. The van der Waals surface area contributed by atoms with Crippen LogP contribution >= 0.6 is 35.0 Å². The van der Waals surface area contributed by atoms with E-state index in [1.165, 1.54) is 16.7 Å². The molecule has 0 saturated heterocycles. The first-order valence-electron chi connectivity index (χ1n) is 7.15. The summed E-state index contributed by atoms with van der Waals surface area (Å²) < 4.78 is 1.64. The average molecular weight is 392 g/mol. The van der Waals surface area contributed by atoms with Crippen LogP contribution in [0.4, 0.5) is 5.69 Å². The standard InChI is InChI=1S/C16H11Cl2N5OS/c17-11-8-13(18)15-20-21-16(23(15)9-11)25-10-14(24)22(7-6-19)12-4-2-1-3-5-12/h1-5,8-9H,7,10H2. The highest BCUT2D eigenvalue weighted by molar-refractivity contribution is 7.99. The zero-order valence-corrected chi connectivity index (χ0v) is 15.1. The molecule has 3 rings (SSSR count). The number of hydrogen-bond donors (Lipinski definition) is 0. The zero-order chi connectivity index (χ0) is 17.8. The van der Waals surface area contributed by atoms with Crippen molar-refractivity contribution in [3.63, 3.8) is 0 Å². The van der Waals surface area contributed by atoms with Crippen molar-refractivity contribution in [3.8, 4) is 6.07 Å². The monoisotopic (exact) mass is 391 g/mol. The Balaban J connectivity index is 1.79. The minimum atomic E-state index is -0.206. The zero-order valence-electron chi connectivity index (χ0n) is 12.8. The van der Waals surface area contributed by atoms with Crippen LogP contribution in [0.2, 0.25) is 10.0 Å². The molecule has 1 amide bonds. The van der Waals surface area contributed by atoms with Crippen molar-refractivity contribution in [2.45, 2.75) is 5.16 Å². The predicted octanol–water partition coefficient (Wildman–Crippen LogP) is 3.68. The van der Waals surface area contributed by atoms with Gasteiger partial charge in [0.15, 0.2) is 10.8 Å². The van der Waals surface area contributed by atoms with Crippen LogP contribution in [0.3, 0.4) is 0 Å². The van der Waals surface area contributed by atoms with E-state index in [1.54, 1.807) is 28.8 Å². The van der Waals surface area contributed by atoms with E-state index < -0.39 is 0 Å². The van der Waals surface area contributed by atoms with Gasteiger partial charge in [-0.15, -0.1) is 10.2 Å². The first-order chi connectivity index (χ1) is 12.1. The van der Waals surface area contributed by atoms with E-state index in [2.05, 4.69) is 10.2 Å². The summed E-state index contributed by atoms with van der Waals surface area (Å²) in [6.07, 6.45) is 1.64. The number of aromatic nitrogens is 3. The second-order valence-corrected chi connectivity index (χ2v) is 6.73. The van der Waals surface area contributed by atoms with Crippen LogP contribution < -0.4 is 4.90 Å². The quantitative estimate of drug-likeness (QED) is 0.489. The van der Waals surface area contributed by atoms with Crippen LogP contribution in [0, 0.1) is 11.3 Å². The number of halogens is 2. The fourth-order valence-electron chi connectivity index (χ4n) is 2.21. The van der Waals surface area contributed by atoms with Crippen molar-refractivity contribution in [2.75, 3.05) is 17.2 Å². The summed E-state index contributed by atoms with van der Waals surface area (Å²) in [6.45, 7) is -0.0261. The number of benzene rings is 1. The summed E-state index contributed by atoms with van der Waals surface area (Å²) in [5.74, 6) is -0.107. The van der Waals surface area contributed by atoms with Gasteiger partial charge in [-0.2, -0.15) is 5.26 Å². The molecule has 0 aliphatic heterocycles. The summed E-state index contributed by atoms with van der Waals surface area (Å²) in [7, 11) is 0. The molecule has 0 unspecified atom stereocenters. The molecular formula is C16H11Cl2N5OS. The third-order valence-corrected chi connectivity index (χ3v) is 4.73. The molecule has 2 aromatic heterocycles. The third kappa shape index (κ3) is 3.87. The molecule has 0 N–H and O–H groups in total. The fraction of sp³-hybridized carbons (Fsp3) is 0.125. The first-order valence-corrected chi connectivity index (χ1v) is 8.89. The minimum Gasteiger partial charge on any atom is -0.298 e. The van der Waals surface area contributed by atoms with E-state index in [9.17, 15) is 4.79 Å². The van der Waals surface area contributed by atoms with Gasteiger partial charge in [0.1, 0.15) is 6.54 Å². The number of para-hydroxylation sites is 1. The van der Waals surface area contributed by atoms with Gasteiger partial charge in [-0.25, -0.2) is 0 Å². The van der Waals surface area contributed by atoms with E-state index >= 15 is 0 Å². The molecule has 2 heterocycles. The normalized spacial score (nSPS) is 10.6. The number of rotatable bonds is 5. The Labute approximate surface area is 158 Å². The van der Waals surface area contributed by atoms with Crippen LogP contribution in [-0.4, -0.2) is 32.8 Å². The Kier molecular flexibility index (Phi) is 5.43. The molecule has 0 fully saturated rings. The molecule has 0 aliphatic rings. The lowest BCUT2D eigenvalue weighted by atomic mass is 10.3. The van der Waals surface area contributed by atoms with Crippen molar-refractivity contribution in [2.24, 2.45) is 0 Å². The maximum Gasteiger partial charge on any atom is 0.238 e. The second-order valence-electron chi connectivity index (χ2n) is 4.94. The smallest absolute Gasteiger partial charge is 0.238 e. The fourth-order valence-corrected chi connectivity index (χ4v) is 3.50. The number of amides is 1. The Hall–Kier alpha value is -2.27. The van der Waals surface area contributed by atoms with Crippen LogP contribution in [0.5, 0.6) is 0 Å². The molecule has 1 aromatic carbocycles. The van der Waals surface area contributed by atoms with Crippen molar-refractivity contribution in [3.05, 3.63) is 52.6 Å². The summed E-state index contributed by atoms with van der Waals surface area (Å²) >= 11 is 13.3. The number of nitrogens with zero attached hydrogens (tertiary/aromatic N) is 5. The van der Waals surface area contributed by atoms with Gasteiger partial charge in [0.05, 0.1) is 21.9 Å². The van der Waals surface area contributed by atoms with E-state index in [0.29, 0.717) is 26.5 Å². The molecule has 0 spiro atoms. The largest absolute Gasteiger partial charge is 0.298 e. The number of hydrogen-bond acceptors (Lipinski definition) is 5. The Morgan fingerprint density at radius 3 is 2.76 bits per heavy atom.